The third-order valence-corrected chi connectivity index (χ3v) is 1.97. The molecule has 0 aliphatic heterocycles. The Labute approximate surface area is 101 Å². The van der Waals surface area contributed by atoms with Crippen molar-refractivity contribution in [2.24, 2.45) is 0 Å². The van der Waals surface area contributed by atoms with Crippen LogP contribution in [0.25, 0.3) is 0 Å². The molecule has 0 fully saturated rings. The first-order valence-corrected chi connectivity index (χ1v) is 4.88. The van der Waals surface area contributed by atoms with E-state index in [0.29, 0.717) is 0 Å². The van der Waals surface area contributed by atoms with Gasteiger partial charge in [-0.05, 0) is 0 Å². The summed E-state index contributed by atoms with van der Waals surface area (Å²) in [5.41, 5.74) is 3.71. The molecule has 8 N–H and O–H groups in total. The predicted octanol–water partition coefficient (Wildman–Crippen LogP) is -4.87. The molecule has 0 spiro atoms. The number of rotatable bonds is 8. The van der Waals surface area contributed by atoms with Crippen LogP contribution in [0.4, 0.5) is 0 Å². The average molecular weight is 268 g/mol. The van der Waals surface area contributed by atoms with Gasteiger partial charge in [0.1, 0.15) is 24.9 Å². The summed E-state index contributed by atoms with van der Waals surface area (Å²) in [5, 5.41) is 53.5. The minimum absolute atomic E-state index is 0.615. The van der Waals surface area contributed by atoms with E-state index >= 15 is 0 Å². The number of hydrazine groups is 1. The van der Waals surface area contributed by atoms with Crippen LogP contribution < -0.4 is 10.9 Å². The molecular weight excluding hydrogens is 252 g/mol. The van der Waals surface area contributed by atoms with Gasteiger partial charge in [-0.2, -0.15) is 0 Å². The highest BCUT2D eigenvalue weighted by Gasteiger charge is 2.34. The minimum Gasteiger partial charge on any atom is -0.480 e. The van der Waals surface area contributed by atoms with Gasteiger partial charge in [0.2, 0.25) is 0 Å². The Bertz CT molecular complexity index is 286. The zero-order valence-corrected chi connectivity index (χ0v) is 9.22. The first-order chi connectivity index (χ1) is 8.31. The van der Waals surface area contributed by atoms with Gasteiger partial charge in [0, 0.05) is 0 Å². The Balaban J connectivity index is 4.23. The number of carbonyl (C=O) groups excluding carboxylic acids is 1. The molecule has 106 valence electrons. The summed E-state index contributed by atoms with van der Waals surface area (Å²) in [7, 11) is 0. The lowest BCUT2D eigenvalue weighted by Gasteiger charge is -2.24. The summed E-state index contributed by atoms with van der Waals surface area (Å²) in [4.78, 5) is 21.2. The van der Waals surface area contributed by atoms with Crippen molar-refractivity contribution >= 4 is 11.9 Å². The Morgan fingerprint density at radius 1 is 1.06 bits per heavy atom. The largest absolute Gasteiger partial charge is 0.480 e. The topological polar surface area (TPSA) is 180 Å². The maximum Gasteiger partial charge on any atom is 0.319 e. The van der Waals surface area contributed by atoms with Crippen molar-refractivity contribution < 1.29 is 40.2 Å². The number of hydrogen-bond acceptors (Lipinski definition) is 8. The molecule has 0 rings (SSSR count). The lowest BCUT2D eigenvalue weighted by Crippen LogP contribution is -2.54. The van der Waals surface area contributed by atoms with Crippen LogP contribution >= 0.6 is 0 Å². The molecule has 0 aliphatic rings. The van der Waals surface area contributed by atoms with E-state index < -0.39 is 49.4 Å². The van der Waals surface area contributed by atoms with Crippen molar-refractivity contribution in [3.05, 3.63) is 0 Å². The SMILES string of the molecule is O=C(O)CNNC(=O)[C@H](O)[C@@H](O)[C@H](O)[C@H](O)CO. The van der Waals surface area contributed by atoms with E-state index in [1.54, 1.807) is 5.43 Å². The van der Waals surface area contributed by atoms with Crippen LogP contribution in [-0.4, -0.2) is 80.1 Å². The maximum absolute atomic E-state index is 11.1. The van der Waals surface area contributed by atoms with E-state index in [2.05, 4.69) is 0 Å². The molecule has 0 saturated heterocycles. The number of carboxylic acid groups (broad SMARTS) is 1. The molecule has 0 saturated carbocycles. The van der Waals surface area contributed by atoms with E-state index in [-0.39, 0.29) is 0 Å². The highest BCUT2D eigenvalue weighted by Crippen LogP contribution is 2.04. The Hall–Kier alpha value is -1.30. The van der Waals surface area contributed by atoms with Gasteiger partial charge < -0.3 is 30.6 Å². The summed E-state index contributed by atoms with van der Waals surface area (Å²) in [6, 6.07) is 0. The van der Waals surface area contributed by atoms with Gasteiger partial charge in [0.25, 0.3) is 5.91 Å². The molecule has 4 atom stereocenters. The molecule has 0 aromatic heterocycles. The molecule has 0 radical (unpaired) electrons. The molecule has 0 aromatic rings. The molecule has 0 aromatic carbocycles. The molecule has 18 heavy (non-hydrogen) atoms. The van der Waals surface area contributed by atoms with Crippen molar-refractivity contribution in [3.8, 4) is 0 Å². The van der Waals surface area contributed by atoms with Crippen LogP contribution in [0.2, 0.25) is 0 Å². The normalized spacial score (nSPS) is 17.6. The fourth-order valence-corrected chi connectivity index (χ4v) is 0.958. The predicted molar refractivity (Wildman–Crippen MR) is 54.9 cm³/mol. The second-order valence-electron chi connectivity index (χ2n) is 3.41. The van der Waals surface area contributed by atoms with Gasteiger partial charge in [-0.3, -0.25) is 15.0 Å². The smallest absolute Gasteiger partial charge is 0.319 e. The van der Waals surface area contributed by atoms with Crippen molar-refractivity contribution in [2.75, 3.05) is 13.2 Å². The Morgan fingerprint density at radius 2 is 1.61 bits per heavy atom. The summed E-state index contributed by atoms with van der Waals surface area (Å²) in [6.45, 7) is -1.49. The number of amides is 1. The van der Waals surface area contributed by atoms with E-state index in [9.17, 15) is 24.9 Å². The first-order valence-electron chi connectivity index (χ1n) is 4.88. The Morgan fingerprint density at radius 3 is 2.06 bits per heavy atom. The highest BCUT2D eigenvalue weighted by molar-refractivity contribution is 5.81. The number of carbonyl (C=O) groups is 2. The molecule has 0 bridgehead atoms. The summed E-state index contributed by atoms with van der Waals surface area (Å²) in [5.74, 6) is -2.46. The molecule has 10 heteroatoms. The molecule has 10 nitrogen and oxygen atoms in total. The average Bonchev–Trinajstić information content (AvgIpc) is 2.34. The lowest BCUT2D eigenvalue weighted by molar-refractivity contribution is -0.150. The van der Waals surface area contributed by atoms with E-state index in [0.717, 1.165) is 0 Å². The summed E-state index contributed by atoms with van der Waals surface area (Å²) in [6.07, 6.45) is -7.81. The standard InChI is InChI=1S/C8H16N2O8/c11-2-3(12)5(15)6(16)7(17)8(18)10-9-1-4(13)14/h3,5-7,9,11-12,15-17H,1-2H2,(H,10,18)(H,13,14)/t3-,5-,6+,7-/m1/s1. The molecule has 0 unspecified atom stereocenters. The van der Waals surface area contributed by atoms with Crippen LogP contribution in [0.15, 0.2) is 0 Å². The zero-order valence-electron chi connectivity index (χ0n) is 9.22. The van der Waals surface area contributed by atoms with Crippen molar-refractivity contribution in [2.45, 2.75) is 24.4 Å². The fourth-order valence-electron chi connectivity index (χ4n) is 0.958. The summed E-state index contributed by atoms with van der Waals surface area (Å²) >= 11 is 0. The van der Waals surface area contributed by atoms with Gasteiger partial charge in [0.05, 0.1) is 6.61 Å². The van der Waals surface area contributed by atoms with E-state index in [4.69, 9.17) is 15.3 Å². The number of carboxylic acids is 1. The number of hydrogen-bond donors (Lipinski definition) is 8. The minimum atomic E-state index is -2.11. The maximum atomic E-state index is 11.1. The van der Waals surface area contributed by atoms with Crippen LogP contribution in [0.3, 0.4) is 0 Å². The zero-order chi connectivity index (χ0) is 14.3. The monoisotopic (exact) mass is 268 g/mol. The van der Waals surface area contributed by atoms with Crippen molar-refractivity contribution in [1.29, 1.82) is 0 Å². The van der Waals surface area contributed by atoms with Crippen LogP contribution in [0.1, 0.15) is 0 Å². The number of nitrogens with one attached hydrogen (secondary N) is 2. The van der Waals surface area contributed by atoms with Gasteiger partial charge in [-0.25, -0.2) is 5.43 Å². The van der Waals surface area contributed by atoms with Crippen molar-refractivity contribution in [1.82, 2.24) is 10.9 Å². The van der Waals surface area contributed by atoms with Gasteiger partial charge in [-0.1, -0.05) is 0 Å². The van der Waals surface area contributed by atoms with E-state index in [1.807, 2.05) is 5.43 Å². The van der Waals surface area contributed by atoms with Gasteiger partial charge in [0.15, 0.2) is 6.10 Å². The Kier molecular flexibility index (Phi) is 7.35. The second-order valence-corrected chi connectivity index (χ2v) is 3.41. The van der Waals surface area contributed by atoms with Gasteiger partial charge in [-0.15, -0.1) is 0 Å². The lowest BCUT2D eigenvalue weighted by atomic mass is 10.0. The highest BCUT2D eigenvalue weighted by atomic mass is 16.4. The number of aliphatic carboxylic acids is 1. The van der Waals surface area contributed by atoms with Crippen LogP contribution in [-0.2, 0) is 9.59 Å². The first kappa shape index (κ1) is 16.7. The van der Waals surface area contributed by atoms with E-state index in [1.165, 1.54) is 0 Å². The quantitative estimate of drug-likeness (QED) is 0.200. The summed E-state index contributed by atoms with van der Waals surface area (Å²) < 4.78 is 0. The number of aliphatic hydroxyl groups is 5. The van der Waals surface area contributed by atoms with Crippen LogP contribution in [0, 0.1) is 0 Å². The third-order valence-electron chi connectivity index (χ3n) is 1.97. The molecule has 0 heterocycles. The fraction of sp³-hybridized carbons (Fsp3) is 0.750. The molecule has 0 aliphatic carbocycles. The van der Waals surface area contributed by atoms with Crippen molar-refractivity contribution in [3.63, 3.8) is 0 Å². The van der Waals surface area contributed by atoms with Crippen LogP contribution in [0.5, 0.6) is 0 Å². The second kappa shape index (κ2) is 7.92. The molecular formula is C8H16N2O8. The third kappa shape index (κ3) is 5.35. The van der Waals surface area contributed by atoms with Gasteiger partial charge >= 0.3 is 5.97 Å². The number of aliphatic hydroxyl groups excluding tert-OH is 5. The molecule has 1 amide bonds.